The molecule has 1 aromatic heterocycles. The van der Waals surface area contributed by atoms with Crippen LogP contribution in [0.2, 0.25) is 0 Å². The summed E-state index contributed by atoms with van der Waals surface area (Å²) >= 11 is 0. The third-order valence-electron chi connectivity index (χ3n) is 9.87. The number of carbonyl (C=O) groups excluding carboxylic acids is 4. The van der Waals surface area contributed by atoms with Crippen LogP contribution in [-0.2, 0) is 38.1 Å². The van der Waals surface area contributed by atoms with Gasteiger partial charge in [0.2, 0.25) is 11.4 Å². The molecule has 1 saturated carbocycles. The molecule has 6 heterocycles. The molecule has 0 N–H and O–H groups in total. The summed E-state index contributed by atoms with van der Waals surface area (Å²) in [5.41, 5.74) is -7.62. The Bertz CT molecular complexity index is 1280. The Kier molecular flexibility index (Phi) is 4.47. The summed E-state index contributed by atoms with van der Waals surface area (Å²) < 4.78 is 35.5. The molecule has 10 nitrogen and oxygen atoms in total. The van der Waals surface area contributed by atoms with Gasteiger partial charge >= 0.3 is 17.9 Å². The van der Waals surface area contributed by atoms with Crippen LogP contribution in [0.25, 0.3) is 0 Å². The van der Waals surface area contributed by atoms with Crippen LogP contribution in [0.15, 0.2) is 34.8 Å². The number of hydrogen-bond acceptors (Lipinski definition) is 10. The van der Waals surface area contributed by atoms with Crippen molar-refractivity contribution in [3.63, 3.8) is 0 Å². The second-order valence-electron chi connectivity index (χ2n) is 11.9. The largest absolute Gasteiger partial charge is 0.486 e. The Balaban J connectivity index is 1.70. The maximum absolute atomic E-state index is 14.3. The smallest absolute Gasteiger partial charge is 0.343 e. The Morgan fingerprint density at radius 3 is 2.43 bits per heavy atom. The van der Waals surface area contributed by atoms with Crippen LogP contribution in [0, 0.1) is 22.7 Å². The molecule has 6 aliphatic rings. The second-order valence-corrected chi connectivity index (χ2v) is 11.9. The van der Waals surface area contributed by atoms with Crippen LogP contribution in [-0.4, -0.2) is 53.4 Å². The van der Waals surface area contributed by atoms with Gasteiger partial charge in [-0.2, -0.15) is 0 Å². The van der Waals surface area contributed by atoms with Crippen molar-refractivity contribution in [3.8, 4) is 0 Å². The summed E-state index contributed by atoms with van der Waals surface area (Å²) in [7, 11) is 1.21. The maximum atomic E-state index is 14.3. The van der Waals surface area contributed by atoms with E-state index in [-0.39, 0.29) is 24.2 Å². The number of methoxy groups -OCH3 is 1. The number of rotatable bonds is 3. The third kappa shape index (κ3) is 2.46. The second kappa shape index (κ2) is 6.83. The fraction of sp³-hybridized carbons (Fsp3) is 0.630. The minimum Gasteiger partial charge on any atom is -0.486 e. The van der Waals surface area contributed by atoms with E-state index in [9.17, 15) is 19.2 Å². The van der Waals surface area contributed by atoms with Crippen LogP contribution in [0.5, 0.6) is 0 Å². The number of ether oxygens (including phenoxy) is 5. The minimum atomic E-state index is -2.12. The molecule has 7 atom stereocenters. The first-order valence-corrected chi connectivity index (χ1v) is 12.4. The number of carbonyl (C=O) groups is 4. The number of furan rings is 1. The minimum absolute atomic E-state index is 0.0562. The number of Topliss-reactive ketones (excluding diaryl/α,β-unsaturated/α-hetero) is 1. The van der Waals surface area contributed by atoms with Gasteiger partial charge in [-0.1, -0.05) is 0 Å². The van der Waals surface area contributed by atoms with Gasteiger partial charge in [-0.05, 0) is 46.6 Å². The van der Waals surface area contributed by atoms with E-state index in [1.165, 1.54) is 31.8 Å². The molecule has 0 amide bonds. The van der Waals surface area contributed by atoms with Crippen molar-refractivity contribution in [2.75, 3.05) is 7.11 Å². The lowest BCUT2D eigenvalue weighted by atomic mass is 9.50. The first-order valence-electron chi connectivity index (χ1n) is 12.4. The van der Waals surface area contributed by atoms with Gasteiger partial charge in [-0.3, -0.25) is 9.59 Å². The molecule has 4 bridgehead atoms. The molecule has 1 spiro atoms. The van der Waals surface area contributed by atoms with Gasteiger partial charge in [0.1, 0.15) is 23.0 Å². The zero-order valence-corrected chi connectivity index (χ0v) is 21.7. The van der Waals surface area contributed by atoms with Crippen LogP contribution < -0.4 is 0 Å². The first kappa shape index (κ1) is 24.2. The fourth-order valence-corrected chi connectivity index (χ4v) is 8.03. The summed E-state index contributed by atoms with van der Waals surface area (Å²) in [5, 5.41) is 0. The van der Waals surface area contributed by atoms with E-state index in [0.717, 1.165) is 0 Å². The van der Waals surface area contributed by atoms with E-state index in [4.69, 9.17) is 28.1 Å². The van der Waals surface area contributed by atoms with Gasteiger partial charge in [0, 0.05) is 19.3 Å². The highest BCUT2D eigenvalue weighted by Gasteiger charge is 2.91. The van der Waals surface area contributed by atoms with Crippen molar-refractivity contribution in [1.29, 1.82) is 0 Å². The van der Waals surface area contributed by atoms with Crippen molar-refractivity contribution in [3.05, 3.63) is 36.0 Å². The van der Waals surface area contributed by atoms with E-state index in [1.807, 2.05) is 0 Å². The predicted octanol–water partition coefficient (Wildman–Crippen LogP) is 3.09. The van der Waals surface area contributed by atoms with E-state index in [1.54, 1.807) is 34.6 Å². The normalized spacial score (nSPS) is 44.9. The van der Waals surface area contributed by atoms with Gasteiger partial charge in [-0.25, -0.2) is 9.59 Å². The average Bonchev–Trinajstić information content (AvgIpc) is 3.49. The molecule has 1 unspecified atom stereocenters. The number of cyclic esters (lactones) is 1. The molecule has 0 radical (unpaired) electrons. The van der Waals surface area contributed by atoms with Gasteiger partial charge in [-0.15, -0.1) is 0 Å². The van der Waals surface area contributed by atoms with Gasteiger partial charge < -0.3 is 28.1 Å². The monoisotopic (exact) mass is 514 g/mol. The fourth-order valence-electron chi connectivity index (χ4n) is 8.03. The first-order chi connectivity index (χ1) is 17.2. The lowest BCUT2D eigenvalue weighted by Crippen LogP contribution is -2.79. The molecule has 7 rings (SSSR count). The molecule has 37 heavy (non-hydrogen) atoms. The predicted molar refractivity (Wildman–Crippen MR) is 122 cm³/mol. The number of esters is 3. The van der Waals surface area contributed by atoms with E-state index in [0.29, 0.717) is 6.42 Å². The summed E-state index contributed by atoms with van der Waals surface area (Å²) in [6.07, 6.45) is 4.52. The van der Waals surface area contributed by atoms with E-state index < -0.39 is 68.9 Å². The van der Waals surface area contributed by atoms with Crippen LogP contribution in [0.4, 0.5) is 0 Å². The summed E-state index contributed by atoms with van der Waals surface area (Å²) in [4.78, 5) is 54.8. The summed E-state index contributed by atoms with van der Waals surface area (Å²) in [5.74, 6) is -4.74. The number of ketones is 1. The molecular weight excluding hydrogens is 484 g/mol. The van der Waals surface area contributed by atoms with Crippen molar-refractivity contribution < 1.29 is 47.3 Å². The molecule has 198 valence electrons. The van der Waals surface area contributed by atoms with Gasteiger partial charge in [0.25, 0.3) is 0 Å². The molecule has 0 aromatic carbocycles. The SMILES string of the molecule is COC(=O)[C@@]12O[C@]3(C)OC(=O)[C@@](C)([C@@H]3CC[C@@]1(C)C(=O)c1ccoc1)C21C[C@@H]2C(=CC(=O)OC2(C)C)O1. The topological polar surface area (TPSA) is 128 Å². The zero-order valence-electron chi connectivity index (χ0n) is 21.7. The molecule has 1 aliphatic carbocycles. The quantitative estimate of drug-likeness (QED) is 0.337. The number of fused-ring (bicyclic) bond motifs is 3. The van der Waals surface area contributed by atoms with Gasteiger partial charge in [0.05, 0.1) is 36.3 Å². The highest BCUT2D eigenvalue weighted by Crippen LogP contribution is 2.75. The van der Waals surface area contributed by atoms with Gasteiger partial charge in [0.15, 0.2) is 11.4 Å². The average molecular weight is 515 g/mol. The highest BCUT2D eigenvalue weighted by molar-refractivity contribution is 6.06. The van der Waals surface area contributed by atoms with Crippen LogP contribution in [0.3, 0.4) is 0 Å². The van der Waals surface area contributed by atoms with E-state index in [2.05, 4.69) is 0 Å². The summed E-state index contributed by atoms with van der Waals surface area (Å²) in [6, 6.07) is 1.52. The molecule has 1 aromatic rings. The standard InChI is InChI=1S/C27H30O10/c1-22(2)15-12-26(34-16(15)11-18(28)35-22)24(4)17-7-9-23(3,19(29)14-8-10-33-13-14)27(26,21(31)32-6)37-25(17,5)36-20(24)30/h8,10-11,13,15,17H,7,9,12H2,1-6H3/t15-,17+,23+,24-,25+,26?,27-/m1/s1. The number of hydrogen-bond donors (Lipinski definition) is 0. The Morgan fingerprint density at radius 1 is 1.05 bits per heavy atom. The van der Waals surface area contributed by atoms with Crippen molar-refractivity contribution >= 4 is 23.7 Å². The van der Waals surface area contributed by atoms with E-state index >= 15 is 0 Å². The Labute approximate surface area is 213 Å². The molecule has 10 heteroatoms. The van der Waals surface area contributed by atoms with Crippen LogP contribution in [0.1, 0.15) is 64.2 Å². The highest BCUT2D eigenvalue weighted by atomic mass is 16.8. The molecule has 5 aliphatic heterocycles. The lowest BCUT2D eigenvalue weighted by molar-refractivity contribution is -0.353. The molecule has 5 fully saturated rings. The van der Waals surface area contributed by atoms with Crippen molar-refractivity contribution in [2.45, 2.75) is 76.5 Å². The maximum Gasteiger partial charge on any atom is 0.343 e. The Morgan fingerprint density at radius 2 is 1.78 bits per heavy atom. The van der Waals surface area contributed by atoms with Crippen molar-refractivity contribution in [2.24, 2.45) is 22.7 Å². The zero-order chi connectivity index (χ0) is 26.8. The third-order valence-corrected chi connectivity index (χ3v) is 9.87. The molecular formula is C27H30O10. The lowest BCUT2D eigenvalue weighted by Gasteiger charge is -2.60. The summed E-state index contributed by atoms with van der Waals surface area (Å²) in [6.45, 7) is 8.49. The van der Waals surface area contributed by atoms with Crippen molar-refractivity contribution in [1.82, 2.24) is 0 Å². The van der Waals surface area contributed by atoms with Crippen LogP contribution >= 0.6 is 0 Å². The Hall–Kier alpha value is -3.14. The molecule has 4 saturated heterocycles.